The molecular formula is C18H31NO5P+. The van der Waals surface area contributed by atoms with E-state index in [-0.39, 0.29) is 13.2 Å². The average molecular weight is 372 g/mol. The number of hydrogen-bond donors (Lipinski definition) is 1. The van der Waals surface area contributed by atoms with Crippen LogP contribution in [0.1, 0.15) is 24.0 Å². The quantitative estimate of drug-likeness (QED) is 0.326. The van der Waals surface area contributed by atoms with Gasteiger partial charge in [0.2, 0.25) is 0 Å². The van der Waals surface area contributed by atoms with Crippen LogP contribution in [0.15, 0.2) is 30.8 Å². The maximum Gasteiger partial charge on any atom is 0.472 e. The average Bonchev–Trinajstić information content (AvgIpc) is 2.53. The van der Waals surface area contributed by atoms with Gasteiger partial charge in [-0.3, -0.25) is 9.05 Å². The molecule has 1 aromatic rings. The first-order valence-corrected chi connectivity index (χ1v) is 9.93. The number of rotatable bonds is 13. The van der Waals surface area contributed by atoms with E-state index in [0.29, 0.717) is 30.7 Å². The summed E-state index contributed by atoms with van der Waals surface area (Å²) in [5.41, 5.74) is 2.19. The van der Waals surface area contributed by atoms with Crippen LogP contribution in [0.3, 0.4) is 0 Å². The van der Waals surface area contributed by atoms with Crippen LogP contribution in [0.2, 0.25) is 0 Å². The van der Waals surface area contributed by atoms with Crippen LogP contribution in [0.5, 0.6) is 0 Å². The van der Waals surface area contributed by atoms with Crippen molar-refractivity contribution >= 4 is 13.9 Å². The molecule has 0 fully saturated rings. The Labute approximate surface area is 151 Å². The summed E-state index contributed by atoms with van der Waals surface area (Å²) in [5, 5.41) is 0. The van der Waals surface area contributed by atoms with Crippen molar-refractivity contribution in [2.45, 2.75) is 19.4 Å². The number of benzene rings is 1. The molecule has 0 saturated heterocycles. The molecule has 7 heteroatoms. The number of nitrogens with zero attached hydrogens (tertiary/aromatic N) is 1. The highest BCUT2D eigenvalue weighted by atomic mass is 31.2. The van der Waals surface area contributed by atoms with Gasteiger partial charge in [0.15, 0.2) is 0 Å². The first-order chi connectivity index (χ1) is 11.7. The molecule has 0 radical (unpaired) electrons. The van der Waals surface area contributed by atoms with Crippen LogP contribution < -0.4 is 0 Å². The molecule has 6 nitrogen and oxygen atoms in total. The molecule has 0 aromatic heterocycles. The summed E-state index contributed by atoms with van der Waals surface area (Å²) < 4.78 is 27.8. The van der Waals surface area contributed by atoms with E-state index < -0.39 is 7.82 Å². The Balaban J connectivity index is 2.06. The molecule has 1 rings (SSSR count). The second-order valence-electron chi connectivity index (χ2n) is 6.85. The molecular weight excluding hydrogens is 341 g/mol. The van der Waals surface area contributed by atoms with Crippen molar-refractivity contribution < 1.29 is 27.7 Å². The molecule has 142 valence electrons. The van der Waals surface area contributed by atoms with Crippen molar-refractivity contribution in [2.75, 3.05) is 47.5 Å². The Morgan fingerprint density at radius 1 is 1.08 bits per heavy atom. The first kappa shape index (κ1) is 22.0. The van der Waals surface area contributed by atoms with Gasteiger partial charge in [0.1, 0.15) is 13.2 Å². The van der Waals surface area contributed by atoms with Crippen molar-refractivity contribution in [1.29, 1.82) is 0 Å². The summed E-state index contributed by atoms with van der Waals surface area (Å²) in [6.45, 7) is 5.83. The predicted octanol–water partition coefficient (Wildman–Crippen LogP) is 3.47. The van der Waals surface area contributed by atoms with Crippen LogP contribution in [0, 0.1) is 0 Å². The van der Waals surface area contributed by atoms with Gasteiger partial charge in [-0.2, -0.15) is 0 Å². The predicted molar refractivity (Wildman–Crippen MR) is 100 cm³/mol. The van der Waals surface area contributed by atoms with Gasteiger partial charge in [0, 0.05) is 6.61 Å². The largest absolute Gasteiger partial charge is 0.472 e. The van der Waals surface area contributed by atoms with Crippen LogP contribution in [-0.2, 0) is 25.0 Å². The van der Waals surface area contributed by atoms with Gasteiger partial charge in [-0.05, 0) is 24.0 Å². The lowest BCUT2D eigenvalue weighted by atomic mass is 10.1. The van der Waals surface area contributed by atoms with Crippen molar-refractivity contribution in [3.8, 4) is 0 Å². The number of ether oxygens (including phenoxy) is 1. The lowest BCUT2D eigenvalue weighted by Gasteiger charge is -2.24. The number of hydrogen-bond acceptors (Lipinski definition) is 4. The monoisotopic (exact) mass is 372 g/mol. The highest BCUT2D eigenvalue weighted by molar-refractivity contribution is 7.47. The molecule has 1 N–H and O–H groups in total. The zero-order valence-electron chi connectivity index (χ0n) is 15.5. The fourth-order valence-electron chi connectivity index (χ4n) is 1.89. The Kier molecular flexibility index (Phi) is 9.57. The molecule has 0 amide bonds. The molecule has 0 aliphatic rings. The third kappa shape index (κ3) is 11.3. The normalized spacial score (nSPS) is 14.2. The Hall–Kier alpha value is -1.01. The molecule has 0 heterocycles. The molecule has 0 bridgehead atoms. The maximum atomic E-state index is 11.7. The topological polar surface area (TPSA) is 65.0 Å². The van der Waals surface area contributed by atoms with E-state index in [9.17, 15) is 9.46 Å². The van der Waals surface area contributed by atoms with Crippen molar-refractivity contribution in [3.05, 3.63) is 42.0 Å². The maximum absolute atomic E-state index is 11.7. The Morgan fingerprint density at radius 2 is 1.68 bits per heavy atom. The van der Waals surface area contributed by atoms with E-state index in [4.69, 9.17) is 13.8 Å². The number of quaternary nitrogens is 1. The standard InChI is InChI=1S/C18H30NO5P/c1-5-17-8-10-18(11-9-17)16-22-13-6-7-14-23-25(20,21)24-15-12-19(2,3)4/h5,8-11H,1,6-7,12-16H2,2-4H3/p+1. The van der Waals surface area contributed by atoms with E-state index >= 15 is 0 Å². The number of unbranched alkanes of at least 4 members (excludes halogenated alkanes) is 1. The Bertz CT molecular complexity index is 554. The molecule has 0 aliphatic heterocycles. The minimum Gasteiger partial charge on any atom is -0.377 e. The third-order valence-electron chi connectivity index (χ3n) is 3.44. The highest BCUT2D eigenvalue weighted by Crippen LogP contribution is 2.43. The fourth-order valence-corrected chi connectivity index (χ4v) is 2.64. The van der Waals surface area contributed by atoms with Gasteiger partial charge < -0.3 is 14.1 Å². The molecule has 1 unspecified atom stereocenters. The summed E-state index contributed by atoms with van der Waals surface area (Å²) in [5.74, 6) is 0. The molecule has 0 spiro atoms. The smallest absolute Gasteiger partial charge is 0.377 e. The van der Waals surface area contributed by atoms with Crippen molar-refractivity contribution in [3.63, 3.8) is 0 Å². The summed E-state index contributed by atoms with van der Waals surface area (Å²) in [6.07, 6.45) is 3.19. The van der Waals surface area contributed by atoms with Crippen molar-refractivity contribution in [2.24, 2.45) is 0 Å². The van der Waals surface area contributed by atoms with Crippen molar-refractivity contribution in [1.82, 2.24) is 0 Å². The molecule has 0 saturated carbocycles. The zero-order valence-corrected chi connectivity index (χ0v) is 16.4. The summed E-state index contributed by atoms with van der Waals surface area (Å²) in [6, 6.07) is 8.01. The van der Waals surface area contributed by atoms with Gasteiger partial charge in [-0.25, -0.2) is 4.57 Å². The van der Waals surface area contributed by atoms with E-state index in [2.05, 4.69) is 6.58 Å². The van der Waals surface area contributed by atoms with Crippen LogP contribution in [0.25, 0.3) is 6.08 Å². The lowest BCUT2D eigenvalue weighted by Crippen LogP contribution is -2.37. The number of phosphoric acid groups is 1. The van der Waals surface area contributed by atoms with Gasteiger partial charge in [-0.15, -0.1) is 0 Å². The second-order valence-corrected chi connectivity index (χ2v) is 8.31. The van der Waals surface area contributed by atoms with Gasteiger partial charge in [0.05, 0.1) is 34.4 Å². The summed E-state index contributed by atoms with van der Waals surface area (Å²) >= 11 is 0. The van der Waals surface area contributed by atoms with E-state index in [1.54, 1.807) is 6.08 Å². The number of phosphoric ester groups is 1. The molecule has 25 heavy (non-hydrogen) atoms. The third-order valence-corrected chi connectivity index (χ3v) is 4.46. The zero-order chi connectivity index (χ0) is 18.8. The minimum absolute atomic E-state index is 0.176. The van der Waals surface area contributed by atoms with Gasteiger partial charge >= 0.3 is 7.82 Å². The van der Waals surface area contributed by atoms with Crippen LogP contribution in [-0.4, -0.2) is 56.9 Å². The van der Waals surface area contributed by atoms with E-state index in [0.717, 1.165) is 17.5 Å². The van der Waals surface area contributed by atoms with E-state index in [1.165, 1.54) is 0 Å². The fraction of sp³-hybridized carbons (Fsp3) is 0.556. The first-order valence-electron chi connectivity index (χ1n) is 8.43. The van der Waals surface area contributed by atoms with Crippen LogP contribution in [0.4, 0.5) is 0 Å². The molecule has 0 aliphatic carbocycles. The SMILES string of the molecule is C=Cc1ccc(COCCCCOP(=O)(O)OCC[N+](C)(C)C)cc1. The summed E-state index contributed by atoms with van der Waals surface area (Å²) in [7, 11) is 2.01. The van der Waals surface area contributed by atoms with E-state index in [1.807, 2.05) is 45.4 Å². The lowest BCUT2D eigenvalue weighted by molar-refractivity contribution is -0.870. The summed E-state index contributed by atoms with van der Waals surface area (Å²) in [4.78, 5) is 9.57. The van der Waals surface area contributed by atoms with Crippen LogP contribution >= 0.6 is 7.82 Å². The molecule has 1 aromatic carbocycles. The second kappa shape index (κ2) is 10.9. The van der Waals surface area contributed by atoms with Gasteiger partial charge in [-0.1, -0.05) is 36.9 Å². The van der Waals surface area contributed by atoms with Gasteiger partial charge in [0.25, 0.3) is 0 Å². The Morgan fingerprint density at radius 3 is 2.28 bits per heavy atom. The number of likely N-dealkylation sites (N-methyl/N-ethyl adjacent to an activating group) is 1. The minimum atomic E-state index is -3.95. The molecule has 1 atom stereocenters. The highest BCUT2D eigenvalue weighted by Gasteiger charge is 2.21.